The van der Waals surface area contributed by atoms with Crippen molar-refractivity contribution < 1.29 is 19.1 Å². The zero-order chi connectivity index (χ0) is 18.9. The molecule has 2 rings (SSSR count). The van der Waals surface area contributed by atoms with Crippen molar-refractivity contribution in [3.8, 4) is 5.75 Å². The fraction of sp³-hybridized carbons (Fsp3) is 0.364. The van der Waals surface area contributed by atoms with Gasteiger partial charge >= 0.3 is 11.9 Å². The lowest BCUT2D eigenvalue weighted by atomic mass is 10.0. The molecule has 2 aromatic rings. The van der Waals surface area contributed by atoms with Crippen LogP contribution in [-0.2, 0) is 4.74 Å². The van der Waals surface area contributed by atoms with Crippen LogP contribution in [0.5, 0.6) is 5.75 Å². The number of carbonyl (C=O) groups excluding carboxylic acids is 2. The number of carbonyl (C=O) groups is 2. The highest BCUT2D eigenvalue weighted by Crippen LogP contribution is 2.19. The van der Waals surface area contributed by atoms with Crippen LogP contribution in [0.1, 0.15) is 72.2 Å². The summed E-state index contributed by atoms with van der Waals surface area (Å²) in [7, 11) is 0. The molecule has 4 nitrogen and oxygen atoms in total. The Morgan fingerprint density at radius 2 is 1.42 bits per heavy atom. The molecule has 0 aliphatic rings. The van der Waals surface area contributed by atoms with Gasteiger partial charge in [-0.25, -0.2) is 9.59 Å². The smallest absolute Gasteiger partial charge is 0.343 e. The van der Waals surface area contributed by atoms with Crippen LogP contribution in [0.2, 0.25) is 0 Å². The molecule has 0 bridgehead atoms. The SMILES string of the molecule is CCCCCOC(=O)c1ccc(C(=O)Oc2ccc(C(C)C)cc2)cc1. The van der Waals surface area contributed by atoms with E-state index in [1.54, 1.807) is 36.4 Å². The fourth-order valence-electron chi connectivity index (χ4n) is 2.43. The highest BCUT2D eigenvalue weighted by Gasteiger charge is 2.12. The van der Waals surface area contributed by atoms with Crippen molar-refractivity contribution in [3.63, 3.8) is 0 Å². The number of ether oxygens (including phenoxy) is 2. The molecule has 0 amide bonds. The van der Waals surface area contributed by atoms with Gasteiger partial charge in [0, 0.05) is 0 Å². The first-order valence-electron chi connectivity index (χ1n) is 9.10. The number of hydrogen-bond donors (Lipinski definition) is 0. The summed E-state index contributed by atoms with van der Waals surface area (Å²) in [5.41, 5.74) is 2.01. The van der Waals surface area contributed by atoms with Gasteiger partial charge in [0.15, 0.2) is 0 Å². The summed E-state index contributed by atoms with van der Waals surface area (Å²) in [5, 5.41) is 0. The van der Waals surface area contributed by atoms with Gasteiger partial charge in [-0.1, -0.05) is 45.7 Å². The summed E-state index contributed by atoms with van der Waals surface area (Å²) in [6, 6.07) is 13.8. The van der Waals surface area contributed by atoms with E-state index in [0.29, 0.717) is 29.4 Å². The van der Waals surface area contributed by atoms with Crippen molar-refractivity contribution >= 4 is 11.9 Å². The lowest BCUT2D eigenvalue weighted by molar-refractivity contribution is 0.0497. The third kappa shape index (κ3) is 5.73. The molecule has 0 spiro atoms. The Balaban J connectivity index is 1.92. The van der Waals surface area contributed by atoms with Crippen molar-refractivity contribution in [2.24, 2.45) is 0 Å². The fourth-order valence-corrected chi connectivity index (χ4v) is 2.43. The summed E-state index contributed by atoms with van der Waals surface area (Å²) in [5.74, 6) is 0.100. The van der Waals surface area contributed by atoms with Crippen molar-refractivity contribution in [2.45, 2.75) is 46.0 Å². The minimum absolute atomic E-state index is 0.370. The second-order valence-electron chi connectivity index (χ2n) is 6.53. The molecular formula is C22H26O4. The van der Waals surface area contributed by atoms with Gasteiger partial charge in [0.25, 0.3) is 0 Å². The zero-order valence-corrected chi connectivity index (χ0v) is 15.7. The highest BCUT2D eigenvalue weighted by molar-refractivity contribution is 5.94. The lowest BCUT2D eigenvalue weighted by Crippen LogP contribution is -2.10. The Bertz CT molecular complexity index is 715. The minimum atomic E-state index is -0.454. The quantitative estimate of drug-likeness (QED) is 0.363. The van der Waals surface area contributed by atoms with E-state index in [1.807, 2.05) is 12.1 Å². The van der Waals surface area contributed by atoms with E-state index in [1.165, 1.54) is 5.56 Å². The van der Waals surface area contributed by atoms with Crippen LogP contribution in [0.3, 0.4) is 0 Å². The molecule has 0 heterocycles. The number of unbranched alkanes of at least 4 members (excludes halogenated alkanes) is 2. The third-order valence-electron chi connectivity index (χ3n) is 4.09. The van der Waals surface area contributed by atoms with Crippen molar-refractivity contribution in [1.82, 2.24) is 0 Å². The molecule has 0 radical (unpaired) electrons. The van der Waals surface area contributed by atoms with Gasteiger partial charge in [-0.15, -0.1) is 0 Å². The molecule has 0 aliphatic heterocycles. The topological polar surface area (TPSA) is 52.6 Å². The van der Waals surface area contributed by atoms with Gasteiger partial charge in [-0.3, -0.25) is 0 Å². The standard InChI is InChI=1S/C22H26O4/c1-4-5-6-15-25-21(23)18-7-9-19(10-8-18)22(24)26-20-13-11-17(12-14-20)16(2)3/h7-14,16H,4-6,15H2,1-3H3. The molecule has 0 fully saturated rings. The molecule has 26 heavy (non-hydrogen) atoms. The predicted octanol–water partition coefficient (Wildman–Crippen LogP) is 5.38. The van der Waals surface area contributed by atoms with Crippen LogP contribution in [-0.4, -0.2) is 18.5 Å². The number of rotatable bonds is 8. The maximum absolute atomic E-state index is 12.2. The van der Waals surface area contributed by atoms with E-state index in [9.17, 15) is 9.59 Å². The molecule has 0 atom stereocenters. The normalized spacial score (nSPS) is 10.6. The maximum Gasteiger partial charge on any atom is 0.343 e. The van der Waals surface area contributed by atoms with Crippen molar-refractivity contribution in [3.05, 3.63) is 65.2 Å². The first-order valence-corrected chi connectivity index (χ1v) is 9.10. The first-order chi connectivity index (χ1) is 12.5. The molecule has 0 saturated heterocycles. The largest absolute Gasteiger partial charge is 0.462 e. The average Bonchev–Trinajstić information content (AvgIpc) is 2.65. The van der Waals surface area contributed by atoms with Crippen molar-refractivity contribution in [2.75, 3.05) is 6.61 Å². The number of hydrogen-bond acceptors (Lipinski definition) is 4. The predicted molar refractivity (Wildman–Crippen MR) is 102 cm³/mol. The van der Waals surface area contributed by atoms with Gasteiger partial charge in [0.1, 0.15) is 5.75 Å². The molecule has 0 aromatic heterocycles. The van der Waals surface area contributed by atoms with Crippen LogP contribution >= 0.6 is 0 Å². The van der Waals surface area contributed by atoms with Crippen LogP contribution in [0.25, 0.3) is 0 Å². The van der Waals surface area contributed by atoms with Gasteiger partial charge in [-0.05, 0) is 54.3 Å². The Kier molecular flexibility index (Phi) is 7.39. The monoisotopic (exact) mass is 354 g/mol. The summed E-state index contributed by atoms with van der Waals surface area (Å²) in [4.78, 5) is 24.1. The summed E-state index contributed by atoms with van der Waals surface area (Å²) >= 11 is 0. The summed E-state index contributed by atoms with van der Waals surface area (Å²) < 4.78 is 10.6. The van der Waals surface area contributed by atoms with E-state index < -0.39 is 5.97 Å². The Hall–Kier alpha value is -2.62. The molecule has 4 heteroatoms. The minimum Gasteiger partial charge on any atom is -0.462 e. The number of benzene rings is 2. The van der Waals surface area contributed by atoms with E-state index in [2.05, 4.69) is 20.8 Å². The molecule has 0 unspecified atom stereocenters. The summed E-state index contributed by atoms with van der Waals surface area (Å²) in [6.07, 6.45) is 2.98. The van der Waals surface area contributed by atoms with Gasteiger partial charge < -0.3 is 9.47 Å². The van der Waals surface area contributed by atoms with E-state index in [4.69, 9.17) is 9.47 Å². The highest BCUT2D eigenvalue weighted by atomic mass is 16.5. The van der Waals surface area contributed by atoms with E-state index in [0.717, 1.165) is 19.3 Å². The average molecular weight is 354 g/mol. The van der Waals surface area contributed by atoms with Gasteiger partial charge in [0.2, 0.25) is 0 Å². The Morgan fingerprint density at radius 3 is 1.96 bits per heavy atom. The van der Waals surface area contributed by atoms with Crippen LogP contribution in [0, 0.1) is 0 Å². The van der Waals surface area contributed by atoms with Crippen LogP contribution in [0.15, 0.2) is 48.5 Å². The van der Waals surface area contributed by atoms with Crippen LogP contribution in [0.4, 0.5) is 0 Å². The van der Waals surface area contributed by atoms with Crippen molar-refractivity contribution in [1.29, 1.82) is 0 Å². The third-order valence-corrected chi connectivity index (χ3v) is 4.09. The van der Waals surface area contributed by atoms with Crippen LogP contribution < -0.4 is 4.74 Å². The van der Waals surface area contributed by atoms with Gasteiger partial charge in [-0.2, -0.15) is 0 Å². The molecule has 0 aliphatic carbocycles. The molecule has 2 aromatic carbocycles. The molecular weight excluding hydrogens is 328 g/mol. The zero-order valence-electron chi connectivity index (χ0n) is 15.7. The molecule has 0 N–H and O–H groups in total. The lowest BCUT2D eigenvalue weighted by Gasteiger charge is -2.08. The first kappa shape index (κ1) is 19.7. The Labute approximate surface area is 155 Å². The van der Waals surface area contributed by atoms with E-state index in [-0.39, 0.29) is 5.97 Å². The summed E-state index contributed by atoms with van der Waals surface area (Å²) in [6.45, 7) is 6.73. The maximum atomic E-state index is 12.2. The molecule has 138 valence electrons. The second-order valence-corrected chi connectivity index (χ2v) is 6.53. The number of esters is 2. The van der Waals surface area contributed by atoms with E-state index >= 15 is 0 Å². The molecule has 0 saturated carbocycles. The second kappa shape index (κ2) is 9.76. The van der Waals surface area contributed by atoms with Gasteiger partial charge in [0.05, 0.1) is 17.7 Å². The Morgan fingerprint density at radius 1 is 0.846 bits per heavy atom.